The van der Waals surface area contributed by atoms with Crippen LogP contribution >= 0.6 is 0 Å². The van der Waals surface area contributed by atoms with E-state index in [0.717, 1.165) is 0 Å². The zero-order chi connectivity index (χ0) is 14.8. The highest BCUT2D eigenvalue weighted by Crippen LogP contribution is 2.26. The Morgan fingerprint density at radius 1 is 0.905 bits per heavy atom. The van der Waals surface area contributed by atoms with Crippen LogP contribution in [0.4, 0.5) is 0 Å². The second kappa shape index (κ2) is 5.13. The molecule has 0 bridgehead atoms. The predicted octanol–water partition coefficient (Wildman–Crippen LogP) is 2.52. The van der Waals surface area contributed by atoms with Gasteiger partial charge in [0.2, 0.25) is 5.88 Å². The Kier molecular flexibility index (Phi) is 3.16. The van der Waals surface area contributed by atoms with Crippen LogP contribution in [-0.2, 0) is 0 Å². The Hall–Kier alpha value is -3.08. The fourth-order valence-electron chi connectivity index (χ4n) is 2.12. The van der Waals surface area contributed by atoms with Crippen molar-refractivity contribution in [3.8, 4) is 34.1 Å². The van der Waals surface area contributed by atoms with Crippen LogP contribution in [0.25, 0.3) is 22.5 Å². The molecule has 0 saturated heterocycles. The van der Waals surface area contributed by atoms with E-state index in [0.29, 0.717) is 11.1 Å². The molecule has 0 radical (unpaired) electrons. The molecule has 0 fully saturated rings. The van der Waals surface area contributed by atoms with Gasteiger partial charge in [0, 0.05) is 5.56 Å². The van der Waals surface area contributed by atoms with Crippen molar-refractivity contribution in [3.63, 3.8) is 0 Å². The van der Waals surface area contributed by atoms with Crippen LogP contribution in [0.3, 0.4) is 0 Å². The SMILES string of the molecule is O=c1[nH]c(-c2cccc(O)c2)nc(O)c1-c1ccccc1. The number of hydrogen-bond donors (Lipinski definition) is 3. The molecule has 3 aromatic rings. The number of benzene rings is 2. The Morgan fingerprint density at radius 3 is 2.29 bits per heavy atom. The lowest BCUT2D eigenvalue weighted by molar-refractivity contribution is 0.454. The molecule has 1 heterocycles. The highest BCUT2D eigenvalue weighted by Gasteiger charge is 2.13. The quantitative estimate of drug-likeness (QED) is 0.673. The topological polar surface area (TPSA) is 86.2 Å². The molecular formula is C16H12N2O3. The summed E-state index contributed by atoms with van der Waals surface area (Å²) in [6.07, 6.45) is 0. The van der Waals surface area contributed by atoms with Crippen LogP contribution in [0.1, 0.15) is 0 Å². The molecule has 0 saturated carbocycles. The highest BCUT2D eigenvalue weighted by atomic mass is 16.3. The van der Waals surface area contributed by atoms with Crippen molar-refractivity contribution < 1.29 is 10.2 Å². The van der Waals surface area contributed by atoms with Crippen molar-refractivity contribution in [3.05, 3.63) is 65.0 Å². The molecule has 0 aliphatic heterocycles. The van der Waals surface area contributed by atoms with Gasteiger partial charge in [-0.25, -0.2) is 0 Å². The first-order valence-electron chi connectivity index (χ1n) is 6.33. The standard InChI is InChI=1S/C16H12N2O3/c19-12-8-4-7-11(9-12)14-17-15(20)13(16(21)18-14)10-5-2-1-3-6-10/h1-9,19H,(H2,17,18,20,21). The molecule has 0 unspecified atom stereocenters. The van der Waals surface area contributed by atoms with Crippen LogP contribution in [0.2, 0.25) is 0 Å². The number of phenolic OH excluding ortho intramolecular Hbond substituents is 1. The Morgan fingerprint density at radius 2 is 1.62 bits per heavy atom. The first-order valence-corrected chi connectivity index (χ1v) is 6.33. The fourth-order valence-corrected chi connectivity index (χ4v) is 2.12. The summed E-state index contributed by atoms with van der Waals surface area (Å²) in [7, 11) is 0. The summed E-state index contributed by atoms with van der Waals surface area (Å²) in [5, 5.41) is 19.5. The summed E-state index contributed by atoms with van der Waals surface area (Å²) in [4.78, 5) is 18.8. The van der Waals surface area contributed by atoms with Gasteiger partial charge >= 0.3 is 0 Å². The third-order valence-electron chi connectivity index (χ3n) is 3.08. The maximum absolute atomic E-state index is 12.2. The minimum atomic E-state index is -0.438. The van der Waals surface area contributed by atoms with Crippen LogP contribution in [0.5, 0.6) is 11.6 Å². The molecule has 0 amide bonds. The van der Waals surface area contributed by atoms with Crippen LogP contribution in [0.15, 0.2) is 59.4 Å². The van der Waals surface area contributed by atoms with Crippen LogP contribution < -0.4 is 5.56 Å². The van der Waals surface area contributed by atoms with Gasteiger partial charge in [0.1, 0.15) is 17.1 Å². The van der Waals surface area contributed by atoms with E-state index in [4.69, 9.17) is 0 Å². The number of phenols is 1. The largest absolute Gasteiger partial charge is 0.508 e. The monoisotopic (exact) mass is 280 g/mol. The molecule has 104 valence electrons. The maximum Gasteiger partial charge on any atom is 0.262 e. The minimum Gasteiger partial charge on any atom is -0.508 e. The van der Waals surface area contributed by atoms with Gasteiger partial charge in [0.15, 0.2) is 0 Å². The number of aromatic hydroxyl groups is 2. The average Bonchev–Trinajstić information content (AvgIpc) is 2.47. The molecular weight excluding hydrogens is 268 g/mol. The molecule has 3 rings (SSSR count). The summed E-state index contributed by atoms with van der Waals surface area (Å²) in [6.45, 7) is 0. The Balaban J connectivity index is 2.15. The maximum atomic E-state index is 12.2. The molecule has 0 spiro atoms. The predicted molar refractivity (Wildman–Crippen MR) is 79.1 cm³/mol. The fraction of sp³-hybridized carbons (Fsp3) is 0. The summed E-state index contributed by atoms with van der Waals surface area (Å²) in [5.41, 5.74) is 0.791. The van der Waals surface area contributed by atoms with Gasteiger partial charge in [-0.05, 0) is 17.7 Å². The molecule has 0 aliphatic rings. The van der Waals surface area contributed by atoms with Crippen molar-refractivity contribution in [2.45, 2.75) is 0 Å². The lowest BCUT2D eigenvalue weighted by atomic mass is 10.1. The third-order valence-corrected chi connectivity index (χ3v) is 3.08. The number of nitrogens with one attached hydrogen (secondary N) is 1. The van der Waals surface area contributed by atoms with E-state index in [2.05, 4.69) is 9.97 Å². The third kappa shape index (κ3) is 2.49. The summed E-state index contributed by atoms with van der Waals surface area (Å²) >= 11 is 0. The second-order valence-electron chi connectivity index (χ2n) is 4.53. The van der Waals surface area contributed by atoms with E-state index in [1.165, 1.54) is 12.1 Å². The molecule has 5 heteroatoms. The van der Waals surface area contributed by atoms with Crippen molar-refractivity contribution >= 4 is 0 Å². The normalized spacial score (nSPS) is 10.5. The number of hydrogen-bond acceptors (Lipinski definition) is 4. The molecule has 0 aliphatic carbocycles. The lowest BCUT2D eigenvalue weighted by Crippen LogP contribution is -2.12. The van der Waals surface area contributed by atoms with Gasteiger partial charge < -0.3 is 15.2 Å². The number of nitrogens with zero attached hydrogens (tertiary/aromatic N) is 1. The number of aromatic nitrogens is 2. The highest BCUT2D eigenvalue weighted by molar-refractivity contribution is 5.69. The Bertz CT molecular complexity index is 842. The zero-order valence-electron chi connectivity index (χ0n) is 10.9. The van der Waals surface area contributed by atoms with Gasteiger partial charge in [-0.15, -0.1) is 0 Å². The second-order valence-corrected chi connectivity index (χ2v) is 4.53. The number of aromatic amines is 1. The first-order chi connectivity index (χ1) is 10.1. The molecule has 21 heavy (non-hydrogen) atoms. The molecule has 0 atom stereocenters. The molecule has 2 aromatic carbocycles. The number of rotatable bonds is 2. The summed E-state index contributed by atoms with van der Waals surface area (Å²) in [6, 6.07) is 15.1. The lowest BCUT2D eigenvalue weighted by Gasteiger charge is -2.06. The molecule has 5 nitrogen and oxygen atoms in total. The number of H-pyrrole nitrogens is 1. The van der Waals surface area contributed by atoms with E-state index in [-0.39, 0.29) is 23.0 Å². The summed E-state index contributed by atoms with van der Waals surface area (Å²) in [5.74, 6) is -0.0850. The van der Waals surface area contributed by atoms with Gasteiger partial charge in [-0.3, -0.25) is 4.79 Å². The zero-order valence-corrected chi connectivity index (χ0v) is 10.9. The Labute approximate surface area is 120 Å². The van der Waals surface area contributed by atoms with Gasteiger partial charge in [0.05, 0.1) is 0 Å². The van der Waals surface area contributed by atoms with Gasteiger partial charge in [-0.2, -0.15) is 4.98 Å². The summed E-state index contributed by atoms with van der Waals surface area (Å²) < 4.78 is 0. The average molecular weight is 280 g/mol. The van der Waals surface area contributed by atoms with E-state index < -0.39 is 5.56 Å². The van der Waals surface area contributed by atoms with Crippen molar-refractivity contribution in [2.24, 2.45) is 0 Å². The smallest absolute Gasteiger partial charge is 0.262 e. The first kappa shape index (κ1) is 12.9. The van der Waals surface area contributed by atoms with Gasteiger partial charge in [0.25, 0.3) is 5.56 Å². The van der Waals surface area contributed by atoms with Crippen molar-refractivity contribution in [1.29, 1.82) is 0 Å². The van der Waals surface area contributed by atoms with E-state index in [1.807, 2.05) is 6.07 Å². The molecule has 1 aromatic heterocycles. The van der Waals surface area contributed by atoms with E-state index in [1.54, 1.807) is 36.4 Å². The van der Waals surface area contributed by atoms with Crippen LogP contribution in [0, 0.1) is 0 Å². The van der Waals surface area contributed by atoms with E-state index in [9.17, 15) is 15.0 Å². The van der Waals surface area contributed by atoms with Gasteiger partial charge in [-0.1, -0.05) is 42.5 Å². The van der Waals surface area contributed by atoms with Crippen molar-refractivity contribution in [1.82, 2.24) is 9.97 Å². The minimum absolute atomic E-state index is 0.0572. The van der Waals surface area contributed by atoms with Crippen molar-refractivity contribution in [2.75, 3.05) is 0 Å². The van der Waals surface area contributed by atoms with E-state index >= 15 is 0 Å². The molecule has 3 N–H and O–H groups in total. The van der Waals surface area contributed by atoms with Crippen LogP contribution in [-0.4, -0.2) is 20.2 Å².